The number of ether oxygens (including phenoxy) is 2. The van der Waals surface area contributed by atoms with Crippen molar-refractivity contribution in [3.8, 4) is 11.5 Å². The SMILES string of the molecule is Brc1cccc(COCc2cccc(Oc3ccccc3)c2)c1. The zero-order valence-corrected chi connectivity index (χ0v) is 14.2. The Bertz CT molecular complexity index is 756. The molecule has 0 heterocycles. The molecule has 0 aliphatic rings. The van der Waals surface area contributed by atoms with Crippen molar-refractivity contribution in [1.82, 2.24) is 0 Å². The van der Waals surface area contributed by atoms with Gasteiger partial charge in [0.2, 0.25) is 0 Å². The lowest BCUT2D eigenvalue weighted by molar-refractivity contribution is 0.107. The monoisotopic (exact) mass is 368 g/mol. The van der Waals surface area contributed by atoms with E-state index in [2.05, 4.69) is 28.1 Å². The van der Waals surface area contributed by atoms with E-state index < -0.39 is 0 Å². The van der Waals surface area contributed by atoms with Crippen molar-refractivity contribution in [2.75, 3.05) is 0 Å². The second-order valence-electron chi connectivity index (χ2n) is 5.19. The van der Waals surface area contributed by atoms with E-state index in [9.17, 15) is 0 Å². The zero-order chi connectivity index (χ0) is 15.9. The fraction of sp³-hybridized carbons (Fsp3) is 0.100. The Balaban J connectivity index is 1.57. The van der Waals surface area contributed by atoms with E-state index in [0.29, 0.717) is 13.2 Å². The molecule has 0 saturated heterocycles. The normalized spacial score (nSPS) is 10.5. The minimum Gasteiger partial charge on any atom is -0.457 e. The predicted octanol–water partition coefficient (Wildman–Crippen LogP) is 5.96. The molecular formula is C20H17BrO2. The number of hydrogen-bond donors (Lipinski definition) is 0. The van der Waals surface area contributed by atoms with Crippen LogP contribution in [0, 0.1) is 0 Å². The molecule has 0 aliphatic carbocycles. The highest BCUT2D eigenvalue weighted by Crippen LogP contribution is 2.22. The number of halogens is 1. The summed E-state index contributed by atoms with van der Waals surface area (Å²) in [4.78, 5) is 0. The summed E-state index contributed by atoms with van der Waals surface area (Å²) >= 11 is 3.47. The maximum Gasteiger partial charge on any atom is 0.127 e. The van der Waals surface area contributed by atoms with E-state index in [1.807, 2.05) is 66.7 Å². The molecule has 3 aromatic rings. The third kappa shape index (κ3) is 4.95. The highest BCUT2D eigenvalue weighted by Gasteiger charge is 2.00. The zero-order valence-electron chi connectivity index (χ0n) is 12.6. The summed E-state index contributed by atoms with van der Waals surface area (Å²) in [6.07, 6.45) is 0. The molecule has 2 nitrogen and oxygen atoms in total. The van der Waals surface area contributed by atoms with Gasteiger partial charge in [-0.3, -0.25) is 0 Å². The van der Waals surface area contributed by atoms with Crippen molar-refractivity contribution >= 4 is 15.9 Å². The molecule has 0 aromatic heterocycles. The maximum absolute atomic E-state index is 5.84. The van der Waals surface area contributed by atoms with Crippen LogP contribution >= 0.6 is 15.9 Å². The average molecular weight is 369 g/mol. The lowest BCUT2D eigenvalue weighted by Crippen LogP contribution is -1.94. The summed E-state index contributed by atoms with van der Waals surface area (Å²) < 4.78 is 12.7. The van der Waals surface area contributed by atoms with Crippen LogP contribution in [0.3, 0.4) is 0 Å². The molecule has 116 valence electrons. The second-order valence-corrected chi connectivity index (χ2v) is 6.10. The first-order valence-electron chi connectivity index (χ1n) is 7.44. The Kier molecular flexibility index (Phi) is 5.46. The molecule has 0 N–H and O–H groups in total. The van der Waals surface area contributed by atoms with Gasteiger partial charge in [0.1, 0.15) is 11.5 Å². The van der Waals surface area contributed by atoms with Crippen LogP contribution in [0.4, 0.5) is 0 Å². The minimum atomic E-state index is 0.554. The summed E-state index contributed by atoms with van der Waals surface area (Å²) in [6.45, 7) is 1.14. The van der Waals surface area contributed by atoms with Gasteiger partial charge >= 0.3 is 0 Å². The summed E-state index contributed by atoms with van der Waals surface area (Å²) in [6, 6.07) is 25.9. The Morgan fingerprint density at radius 2 is 1.30 bits per heavy atom. The standard InChI is InChI=1S/C20H17BrO2/c21-18-8-4-6-16(12-18)14-22-15-17-7-5-11-20(13-17)23-19-9-2-1-3-10-19/h1-13H,14-15H2. The first-order chi connectivity index (χ1) is 11.3. The van der Waals surface area contributed by atoms with E-state index in [4.69, 9.17) is 9.47 Å². The molecule has 3 heteroatoms. The molecule has 0 bridgehead atoms. The van der Waals surface area contributed by atoms with Crippen molar-refractivity contribution in [3.05, 3.63) is 94.5 Å². The maximum atomic E-state index is 5.84. The Morgan fingerprint density at radius 1 is 0.652 bits per heavy atom. The number of rotatable bonds is 6. The lowest BCUT2D eigenvalue weighted by atomic mass is 10.2. The molecule has 0 saturated carbocycles. The van der Waals surface area contributed by atoms with Crippen LogP contribution < -0.4 is 4.74 Å². The van der Waals surface area contributed by atoms with E-state index in [-0.39, 0.29) is 0 Å². The molecule has 23 heavy (non-hydrogen) atoms. The van der Waals surface area contributed by atoms with Crippen LogP contribution in [0.5, 0.6) is 11.5 Å². The van der Waals surface area contributed by atoms with Crippen molar-refractivity contribution in [1.29, 1.82) is 0 Å². The van der Waals surface area contributed by atoms with Crippen molar-refractivity contribution in [2.45, 2.75) is 13.2 Å². The van der Waals surface area contributed by atoms with Crippen LogP contribution in [0.15, 0.2) is 83.3 Å². The lowest BCUT2D eigenvalue weighted by Gasteiger charge is -2.08. The fourth-order valence-electron chi connectivity index (χ4n) is 2.24. The molecule has 0 aliphatic heterocycles. The van der Waals surface area contributed by atoms with Gasteiger partial charge in [0.15, 0.2) is 0 Å². The molecular weight excluding hydrogens is 352 g/mol. The minimum absolute atomic E-state index is 0.554. The summed E-state index contributed by atoms with van der Waals surface area (Å²) in [5, 5.41) is 0. The molecule has 0 fully saturated rings. The van der Waals surface area contributed by atoms with E-state index in [1.54, 1.807) is 0 Å². The topological polar surface area (TPSA) is 18.5 Å². The van der Waals surface area contributed by atoms with Crippen molar-refractivity contribution < 1.29 is 9.47 Å². The van der Waals surface area contributed by atoms with Gasteiger partial charge in [-0.25, -0.2) is 0 Å². The van der Waals surface area contributed by atoms with Gasteiger partial charge in [-0.15, -0.1) is 0 Å². The molecule has 0 spiro atoms. The molecule has 3 aromatic carbocycles. The smallest absolute Gasteiger partial charge is 0.127 e. The second kappa shape index (κ2) is 7.95. The van der Waals surface area contributed by atoms with Crippen LogP contribution in [0.2, 0.25) is 0 Å². The van der Waals surface area contributed by atoms with Gasteiger partial charge in [-0.1, -0.05) is 58.4 Å². The largest absolute Gasteiger partial charge is 0.457 e. The Hall–Kier alpha value is -2.10. The van der Waals surface area contributed by atoms with Crippen LogP contribution in [0.1, 0.15) is 11.1 Å². The van der Waals surface area contributed by atoms with Crippen LogP contribution in [-0.2, 0) is 18.0 Å². The van der Waals surface area contributed by atoms with E-state index in [1.165, 1.54) is 0 Å². The number of para-hydroxylation sites is 1. The van der Waals surface area contributed by atoms with Crippen LogP contribution in [-0.4, -0.2) is 0 Å². The molecule has 0 atom stereocenters. The van der Waals surface area contributed by atoms with Gasteiger partial charge in [-0.2, -0.15) is 0 Å². The van der Waals surface area contributed by atoms with Gasteiger partial charge in [0, 0.05) is 4.47 Å². The molecule has 0 unspecified atom stereocenters. The van der Waals surface area contributed by atoms with Gasteiger partial charge in [-0.05, 0) is 47.5 Å². The van der Waals surface area contributed by atoms with Crippen molar-refractivity contribution in [3.63, 3.8) is 0 Å². The first-order valence-corrected chi connectivity index (χ1v) is 8.23. The van der Waals surface area contributed by atoms with Gasteiger partial charge in [0.05, 0.1) is 13.2 Å². The van der Waals surface area contributed by atoms with E-state index in [0.717, 1.165) is 27.1 Å². The van der Waals surface area contributed by atoms with E-state index >= 15 is 0 Å². The third-order valence-electron chi connectivity index (χ3n) is 3.30. The Labute approximate surface area is 144 Å². The summed E-state index contributed by atoms with van der Waals surface area (Å²) in [7, 11) is 0. The molecule has 3 rings (SSSR count). The quantitative estimate of drug-likeness (QED) is 0.534. The van der Waals surface area contributed by atoms with Gasteiger partial charge in [0.25, 0.3) is 0 Å². The number of benzene rings is 3. The van der Waals surface area contributed by atoms with Crippen molar-refractivity contribution in [2.24, 2.45) is 0 Å². The Morgan fingerprint density at radius 3 is 2.04 bits per heavy atom. The highest BCUT2D eigenvalue weighted by molar-refractivity contribution is 9.10. The number of hydrogen-bond acceptors (Lipinski definition) is 2. The summed E-state index contributed by atoms with van der Waals surface area (Å²) in [5.41, 5.74) is 2.24. The van der Waals surface area contributed by atoms with Crippen LogP contribution in [0.25, 0.3) is 0 Å². The highest BCUT2D eigenvalue weighted by atomic mass is 79.9. The average Bonchev–Trinajstić information content (AvgIpc) is 2.56. The summed E-state index contributed by atoms with van der Waals surface area (Å²) in [5.74, 6) is 1.65. The fourth-order valence-corrected chi connectivity index (χ4v) is 2.68. The third-order valence-corrected chi connectivity index (χ3v) is 3.80. The molecule has 0 amide bonds. The van der Waals surface area contributed by atoms with Gasteiger partial charge < -0.3 is 9.47 Å². The molecule has 0 radical (unpaired) electrons. The first kappa shape index (κ1) is 15.8. The predicted molar refractivity (Wildman–Crippen MR) is 95.6 cm³/mol.